The maximum absolute atomic E-state index is 9.25. The largest absolute Gasteiger partial charge is 0.197 e. The molecular formula is C13H20N2. The van der Waals surface area contributed by atoms with Crippen LogP contribution < -0.4 is 0 Å². The first-order valence-corrected chi connectivity index (χ1v) is 5.31. The maximum atomic E-state index is 9.25. The number of rotatable bonds is 4. The Labute approximate surface area is 93.2 Å². The lowest BCUT2D eigenvalue weighted by molar-refractivity contribution is 0.140. The highest BCUT2D eigenvalue weighted by molar-refractivity contribution is 5.19. The average molecular weight is 204 g/mol. The van der Waals surface area contributed by atoms with E-state index in [1.807, 2.05) is 6.92 Å². The van der Waals surface area contributed by atoms with Gasteiger partial charge in [0.05, 0.1) is 12.1 Å². The minimum Gasteiger partial charge on any atom is -0.197 e. The predicted molar refractivity (Wildman–Crippen MR) is 61.7 cm³/mol. The van der Waals surface area contributed by atoms with Crippen LogP contribution in [0.3, 0.4) is 0 Å². The molecule has 0 aliphatic heterocycles. The molecule has 0 bridgehead atoms. The quantitative estimate of drug-likeness (QED) is 0.656. The molecule has 0 aliphatic rings. The Morgan fingerprint density at radius 3 is 1.93 bits per heavy atom. The van der Waals surface area contributed by atoms with Crippen LogP contribution in [-0.4, -0.2) is 0 Å². The van der Waals surface area contributed by atoms with Crippen LogP contribution in [-0.2, 0) is 0 Å². The molecule has 15 heavy (non-hydrogen) atoms. The standard InChI is InChI=1S/C13H20N2/c1-6-8-13(9-14,10-15)11(7-2)12(3,4)5/h6,11H,1,7-8H2,2-5H3. The van der Waals surface area contributed by atoms with Gasteiger partial charge in [0.25, 0.3) is 0 Å². The summed E-state index contributed by atoms with van der Waals surface area (Å²) in [6, 6.07) is 4.38. The van der Waals surface area contributed by atoms with E-state index in [1.165, 1.54) is 0 Å². The Hall–Kier alpha value is -1.28. The molecule has 0 fully saturated rings. The van der Waals surface area contributed by atoms with Crippen molar-refractivity contribution in [3.05, 3.63) is 12.7 Å². The number of nitrogens with zero attached hydrogens (tertiary/aromatic N) is 2. The van der Waals surface area contributed by atoms with E-state index in [0.717, 1.165) is 6.42 Å². The summed E-state index contributed by atoms with van der Waals surface area (Å²) in [5.41, 5.74) is -0.960. The smallest absolute Gasteiger partial charge is 0.150 e. The zero-order valence-electron chi connectivity index (χ0n) is 10.2. The molecule has 0 N–H and O–H groups in total. The van der Waals surface area contributed by atoms with Gasteiger partial charge in [-0.15, -0.1) is 6.58 Å². The van der Waals surface area contributed by atoms with E-state index >= 15 is 0 Å². The summed E-state index contributed by atoms with van der Waals surface area (Å²) < 4.78 is 0. The van der Waals surface area contributed by atoms with Gasteiger partial charge >= 0.3 is 0 Å². The van der Waals surface area contributed by atoms with E-state index < -0.39 is 5.41 Å². The molecule has 0 aromatic heterocycles. The van der Waals surface area contributed by atoms with Gasteiger partial charge in [-0.3, -0.25) is 0 Å². The molecule has 1 unspecified atom stereocenters. The minimum absolute atomic E-state index is 0.0385. The number of allylic oxidation sites excluding steroid dienone is 1. The fraction of sp³-hybridized carbons (Fsp3) is 0.692. The fourth-order valence-corrected chi connectivity index (χ4v) is 2.34. The van der Waals surface area contributed by atoms with E-state index in [1.54, 1.807) is 6.08 Å². The summed E-state index contributed by atoms with van der Waals surface area (Å²) in [6.45, 7) is 11.9. The monoisotopic (exact) mass is 204 g/mol. The van der Waals surface area contributed by atoms with Crippen LogP contribution in [0.25, 0.3) is 0 Å². The Bertz CT molecular complexity index is 282. The van der Waals surface area contributed by atoms with E-state index in [2.05, 4.69) is 39.5 Å². The topological polar surface area (TPSA) is 47.6 Å². The molecule has 2 heteroatoms. The van der Waals surface area contributed by atoms with Crippen molar-refractivity contribution in [2.75, 3.05) is 0 Å². The van der Waals surface area contributed by atoms with Gasteiger partial charge in [-0.05, 0) is 17.8 Å². The van der Waals surface area contributed by atoms with Crippen molar-refractivity contribution in [1.29, 1.82) is 10.5 Å². The molecule has 0 heterocycles. The van der Waals surface area contributed by atoms with Crippen LogP contribution in [0.15, 0.2) is 12.7 Å². The van der Waals surface area contributed by atoms with Gasteiger partial charge in [0, 0.05) is 0 Å². The molecule has 0 aliphatic carbocycles. The Kier molecular flexibility index (Phi) is 4.56. The molecule has 0 rings (SSSR count). The highest BCUT2D eigenvalue weighted by atomic mass is 14.5. The number of hydrogen-bond acceptors (Lipinski definition) is 2. The van der Waals surface area contributed by atoms with Crippen molar-refractivity contribution in [1.82, 2.24) is 0 Å². The van der Waals surface area contributed by atoms with Crippen molar-refractivity contribution in [3.63, 3.8) is 0 Å². The van der Waals surface area contributed by atoms with Gasteiger partial charge in [0.1, 0.15) is 0 Å². The van der Waals surface area contributed by atoms with Crippen molar-refractivity contribution in [2.45, 2.75) is 40.5 Å². The third-order valence-electron chi connectivity index (χ3n) is 2.91. The second-order valence-corrected chi connectivity index (χ2v) is 5.01. The van der Waals surface area contributed by atoms with Crippen LogP contribution in [0.2, 0.25) is 0 Å². The lowest BCUT2D eigenvalue weighted by Gasteiger charge is -2.37. The van der Waals surface area contributed by atoms with Crippen LogP contribution in [0.4, 0.5) is 0 Å². The van der Waals surface area contributed by atoms with E-state index in [9.17, 15) is 10.5 Å². The molecule has 0 amide bonds. The highest BCUT2D eigenvalue weighted by Gasteiger charge is 2.43. The molecule has 0 spiro atoms. The lowest BCUT2D eigenvalue weighted by atomic mass is 9.62. The van der Waals surface area contributed by atoms with Gasteiger partial charge in [-0.2, -0.15) is 10.5 Å². The van der Waals surface area contributed by atoms with Gasteiger partial charge < -0.3 is 0 Å². The fourth-order valence-electron chi connectivity index (χ4n) is 2.34. The van der Waals surface area contributed by atoms with Crippen LogP contribution in [0, 0.1) is 39.4 Å². The first-order chi connectivity index (χ1) is 6.87. The lowest BCUT2D eigenvalue weighted by Crippen LogP contribution is -2.36. The van der Waals surface area contributed by atoms with Gasteiger partial charge in [-0.25, -0.2) is 0 Å². The van der Waals surface area contributed by atoms with Crippen molar-refractivity contribution < 1.29 is 0 Å². The summed E-state index contributed by atoms with van der Waals surface area (Å²) in [4.78, 5) is 0. The Morgan fingerprint density at radius 2 is 1.73 bits per heavy atom. The SMILES string of the molecule is C=CCC(C#N)(C#N)C(CC)C(C)(C)C. The van der Waals surface area contributed by atoms with Gasteiger partial charge in [0.15, 0.2) is 5.41 Å². The third kappa shape index (κ3) is 2.83. The molecule has 0 aromatic rings. The first-order valence-electron chi connectivity index (χ1n) is 5.31. The number of hydrogen-bond donors (Lipinski definition) is 0. The molecular weight excluding hydrogens is 184 g/mol. The Balaban J connectivity index is 5.33. The van der Waals surface area contributed by atoms with E-state index in [-0.39, 0.29) is 11.3 Å². The van der Waals surface area contributed by atoms with E-state index in [4.69, 9.17) is 0 Å². The zero-order valence-corrected chi connectivity index (χ0v) is 10.2. The predicted octanol–water partition coefficient (Wildman–Crippen LogP) is 3.67. The third-order valence-corrected chi connectivity index (χ3v) is 2.91. The molecule has 0 saturated carbocycles. The first kappa shape index (κ1) is 13.7. The normalized spacial score (nSPS) is 13.7. The molecule has 2 nitrogen and oxygen atoms in total. The second-order valence-electron chi connectivity index (χ2n) is 5.01. The van der Waals surface area contributed by atoms with Gasteiger partial charge in [-0.1, -0.05) is 40.2 Å². The summed E-state index contributed by atoms with van der Waals surface area (Å²) in [5.74, 6) is 0.0676. The molecule has 1 atom stereocenters. The zero-order chi connectivity index (χ0) is 12.1. The van der Waals surface area contributed by atoms with Crippen molar-refractivity contribution in [3.8, 4) is 12.1 Å². The molecule has 0 aromatic carbocycles. The van der Waals surface area contributed by atoms with E-state index in [0.29, 0.717) is 6.42 Å². The highest BCUT2D eigenvalue weighted by Crippen LogP contribution is 2.44. The summed E-state index contributed by atoms with van der Waals surface area (Å²) in [5, 5.41) is 18.5. The average Bonchev–Trinajstić information content (AvgIpc) is 2.15. The molecule has 0 radical (unpaired) electrons. The second kappa shape index (κ2) is 4.99. The maximum Gasteiger partial charge on any atom is 0.150 e. The minimum atomic E-state index is -0.922. The van der Waals surface area contributed by atoms with Crippen LogP contribution >= 0.6 is 0 Å². The van der Waals surface area contributed by atoms with Crippen molar-refractivity contribution in [2.24, 2.45) is 16.7 Å². The summed E-state index contributed by atoms with van der Waals surface area (Å²) in [7, 11) is 0. The van der Waals surface area contributed by atoms with Crippen molar-refractivity contribution >= 4 is 0 Å². The summed E-state index contributed by atoms with van der Waals surface area (Å²) >= 11 is 0. The Morgan fingerprint density at radius 1 is 1.27 bits per heavy atom. The molecule has 0 saturated heterocycles. The van der Waals surface area contributed by atoms with Gasteiger partial charge in [0.2, 0.25) is 0 Å². The molecule has 82 valence electrons. The summed E-state index contributed by atoms with van der Waals surface area (Å²) in [6.07, 6.45) is 2.94. The van der Waals surface area contributed by atoms with Crippen LogP contribution in [0.1, 0.15) is 40.5 Å². The number of nitriles is 2. The van der Waals surface area contributed by atoms with Crippen LogP contribution in [0.5, 0.6) is 0 Å².